The molecule has 4 heteroatoms. The molecule has 2 atom stereocenters. The van der Waals surface area contributed by atoms with E-state index < -0.39 is 0 Å². The van der Waals surface area contributed by atoms with Crippen LogP contribution >= 0.6 is 0 Å². The molecule has 2 heterocycles. The van der Waals surface area contributed by atoms with Gasteiger partial charge >= 0.3 is 0 Å². The quantitative estimate of drug-likeness (QED) is 0.805. The molecule has 3 rings (SSSR count). The summed E-state index contributed by atoms with van der Waals surface area (Å²) in [4.78, 5) is 14.7. The van der Waals surface area contributed by atoms with Crippen molar-refractivity contribution in [2.45, 2.75) is 25.8 Å². The predicted molar refractivity (Wildman–Crippen MR) is 73.3 cm³/mol. The first kappa shape index (κ1) is 12.5. The number of hydrogen-bond donors (Lipinski definition) is 2. The van der Waals surface area contributed by atoms with Crippen LogP contribution in [0.2, 0.25) is 0 Å². The monoisotopic (exact) mass is 260 g/mol. The van der Waals surface area contributed by atoms with Crippen molar-refractivity contribution in [1.82, 2.24) is 10.2 Å². The van der Waals surface area contributed by atoms with Crippen LogP contribution in [0.5, 0.6) is 5.75 Å². The van der Waals surface area contributed by atoms with E-state index in [1.54, 1.807) is 18.2 Å². The summed E-state index contributed by atoms with van der Waals surface area (Å²) in [5.41, 5.74) is 1.56. The minimum atomic E-state index is 0.107. The Hall–Kier alpha value is -1.55. The van der Waals surface area contributed by atoms with E-state index in [1.165, 1.54) is 6.42 Å². The lowest BCUT2D eigenvalue weighted by Crippen LogP contribution is -2.48. The second kappa shape index (κ2) is 4.85. The second-order valence-electron chi connectivity index (χ2n) is 5.63. The van der Waals surface area contributed by atoms with Gasteiger partial charge in [-0.05, 0) is 49.4 Å². The highest BCUT2D eigenvalue weighted by Gasteiger charge is 2.37. The van der Waals surface area contributed by atoms with Gasteiger partial charge in [0.15, 0.2) is 0 Å². The number of nitrogens with zero attached hydrogens (tertiary/aromatic N) is 1. The SMILES string of the molecule is Cc1cc(O)ccc1C(=O)N1CCCC2CNCC21. The number of fused-ring (bicyclic) bond motifs is 1. The van der Waals surface area contributed by atoms with Crippen LogP contribution in [0.15, 0.2) is 18.2 Å². The Morgan fingerprint density at radius 2 is 2.26 bits per heavy atom. The number of piperidine rings is 1. The Morgan fingerprint density at radius 3 is 3.05 bits per heavy atom. The van der Waals surface area contributed by atoms with Gasteiger partial charge in [-0.15, -0.1) is 0 Å². The Balaban J connectivity index is 1.86. The zero-order valence-electron chi connectivity index (χ0n) is 11.2. The highest BCUT2D eigenvalue weighted by molar-refractivity contribution is 5.96. The molecule has 19 heavy (non-hydrogen) atoms. The van der Waals surface area contributed by atoms with Gasteiger partial charge in [0.25, 0.3) is 5.91 Å². The van der Waals surface area contributed by atoms with Gasteiger partial charge in [-0.25, -0.2) is 0 Å². The van der Waals surface area contributed by atoms with E-state index in [0.29, 0.717) is 17.5 Å². The van der Waals surface area contributed by atoms with Crippen molar-refractivity contribution < 1.29 is 9.90 Å². The Labute approximate surface area is 113 Å². The standard InChI is InChI=1S/C15H20N2O2/c1-10-7-12(18)4-5-13(10)15(19)17-6-2-3-11-8-16-9-14(11)17/h4-5,7,11,14,16,18H,2-3,6,8-9H2,1H3. The van der Waals surface area contributed by atoms with E-state index in [-0.39, 0.29) is 11.7 Å². The van der Waals surface area contributed by atoms with Crippen LogP contribution < -0.4 is 5.32 Å². The summed E-state index contributed by atoms with van der Waals surface area (Å²) in [6.45, 7) is 4.67. The normalized spacial score (nSPS) is 26.3. The fourth-order valence-corrected chi connectivity index (χ4v) is 3.36. The number of aromatic hydroxyl groups is 1. The van der Waals surface area contributed by atoms with E-state index in [4.69, 9.17) is 0 Å². The van der Waals surface area contributed by atoms with E-state index in [1.807, 2.05) is 11.8 Å². The molecule has 0 aliphatic carbocycles. The molecule has 102 valence electrons. The number of likely N-dealkylation sites (tertiary alicyclic amines) is 1. The number of nitrogens with one attached hydrogen (secondary N) is 1. The average Bonchev–Trinajstić information content (AvgIpc) is 2.86. The maximum atomic E-state index is 12.7. The lowest BCUT2D eigenvalue weighted by atomic mass is 9.91. The van der Waals surface area contributed by atoms with Crippen LogP contribution in [0.3, 0.4) is 0 Å². The van der Waals surface area contributed by atoms with Crippen LogP contribution in [0, 0.1) is 12.8 Å². The van der Waals surface area contributed by atoms with Gasteiger partial charge in [0.05, 0.1) is 0 Å². The van der Waals surface area contributed by atoms with Crippen molar-refractivity contribution in [1.29, 1.82) is 0 Å². The first-order valence-electron chi connectivity index (χ1n) is 6.98. The Morgan fingerprint density at radius 1 is 1.42 bits per heavy atom. The maximum Gasteiger partial charge on any atom is 0.254 e. The minimum Gasteiger partial charge on any atom is -0.508 e. The van der Waals surface area contributed by atoms with Crippen molar-refractivity contribution >= 4 is 5.91 Å². The summed E-state index contributed by atoms with van der Waals surface area (Å²) in [5, 5.41) is 12.8. The first-order valence-corrected chi connectivity index (χ1v) is 6.98. The molecule has 0 aromatic heterocycles. The number of amides is 1. The number of aryl methyl sites for hydroxylation is 1. The third kappa shape index (κ3) is 2.21. The molecule has 2 fully saturated rings. The zero-order chi connectivity index (χ0) is 13.4. The number of carbonyl (C=O) groups excluding carboxylic acids is 1. The van der Waals surface area contributed by atoms with Crippen LogP contribution in [0.4, 0.5) is 0 Å². The molecular weight excluding hydrogens is 240 g/mol. The predicted octanol–water partition coefficient (Wildman–Crippen LogP) is 1.52. The summed E-state index contributed by atoms with van der Waals surface area (Å²) in [6.07, 6.45) is 2.31. The summed E-state index contributed by atoms with van der Waals surface area (Å²) in [6, 6.07) is 5.32. The molecule has 0 radical (unpaired) electrons. The van der Waals surface area contributed by atoms with Crippen molar-refractivity contribution in [2.75, 3.05) is 19.6 Å². The Bertz CT molecular complexity index is 501. The number of benzene rings is 1. The maximum absolute atomic E-state index is 12.7. The Kier molecular flexibility index (Phi) is 3.19. The highest BCUT2D eigenvalue weighted by atomic mass is 16.3. The topological polar surface area (TPSA) is 52.6 Å². The molecule has 1 aromatic carbocycles. The summed E-state index contributed by atoms with van der Waals surface area (Å²) < 4.78 is 0. The first-order chi connectivity index (χ1) is 9.16. The van der Waals surface area contributed by atoms with Crippen molar-refractivity contribution in [3.8, 4) is 5.75 Å². The van der Waals surface area contributed by atoms with Crippen LogP contribution in [-0.4, -0.2) is 41.6 Å². The van der Waals surface area contributed by atoms with Crippen LogP contribution in [0.1, 0.15) is 28.8 Å². The smallest absolute Gasteiger partial charge is 0.254 e. The minimum absolute atomic E-state index is 0.107. The lowest BCUT2D eigenvalue weighted by molar-refractivity contribution is 0.0574. The number of phenols is 1. The van der Waals surface area contributed by atoms with E-state index in [9.17, 15) is 9.90 Å². The van der Waals surface area contributed by atoms with Gasteiger partial charge in [0, 0.05) is 31.2 Å². The van der Waals surface area contributed by atoms with E-state index >= 15 is 0 Å². The van der Waals surface area contributed by atoms with Crippen molar-refractivity contribution in [2.24, 2.45) is 5.92 Å². The van der Waals surface area contributed by atoms with Crippen molar-refractivity contribution in [3.05, 3.63) is 29.3 Å². The molecule has 2 aliphatic heterocycles. The second-order valence-corrected chi connectivity index (χ2v) is 5.63. The van der Waals surface area contributed by atoms with Gasteiger partial charge in [0.2, 0.25) is 0 Å². The summed E-state index contributed by atoms with van der Waals surface area (Å²) in [5.74, 6) is 0.930. The van der Waals surface area contributed by atoms with E-state index in [2.05, 4.69) is 5.32 Å². The van der Waals surface area contributed by atoms with Gasteiger partial charge in [-0.1, -0.05) is 0 Å². The highest BCUT2D eigenvalue weighted by Crippen LogP contribution is 2.28. The number of phenolic OH excluding ortho intramolecular Hbond substituents is 1. The van der Waals surface area contributed by atoms with Gasteiger partial charge in [0.1, 0.15) is 5.75 Å². The third-order valence-electron chi connectivity index (χ3n) is 4.38. The van der Waals surface area contributed by atoms with Crippen molar-refractivity contribution in [3.63, 3.8) is 0 Å². The fourth-order valence-electron chi connectivity index (χ4n) is 3.36. The molecule has 0 bridgehead atoms. The molecule has 0 spiro atoms. The molecule has 2 N–H and O–H groups in total. The molecule has 2 aliphatic rings. The molecule has 2 unspecified atom stereocenters. The molecule has 0 saturated carbocycles. The summed E-state index contributed by atoms with van der Waals surface area (Å²) >= 11 is 0. The zero-order valence-corrected chi connectivity index (χ0v) is 11.2. The van der Waals surface area contributed by atoms with Crippen LogP contribution in [-0.2, 0) is 0 Å². The largest absolute Gasteiger partial charge is 0.508 e. The molecule has 2 saturated heterocycles. The van der Waals surface area contributed by atoms with Crippen LogP contribution in [0.25, 0.3) is 0 Å². The summed E-state index contributed by atoms with van der Waals surface area (Å²) in [7, 11) is 0. The third-order valence-corrected chi connectivity index (χ3v) is 4.38. The molecule has 4 nitrogen and oxygen atoms in total. The average molecular weight is 260 g/mol. The molecule has 1 aromatic rings. The lowest BCUT2D eigenvalue weighted by Gasteiger charge is -2.37. The number of carbonyl (C=O) groups is 1. The van der Waals surface area contributed by atoms with Gasteiger partial charge < -0.3 is 15.3 Å². The molecular formula is C15H20N2O2. The fraction of sp³-hybridized carbons (Fsp3) is 0.533. The number of hydrogen-bond acceptors (Lipinski definition) is 3. The van der Waals surface area contributed by atoms with Gasteiger partial charge in [-0.2, -0.15) is 0 Å². The van der Waals surface area contributed by atoms with E-state index in [0.717, 1.165) is 31.6 Å². The molecule has 1 amide bonds. The number of rotatable bonds is 1. The van der Waals surface area contributed by atoms with Gasteiger partial charge in [-0.3, -0.25) is 4.79 Å².